The number of allylic oxidation sites excluding steroid dienone is 2. The van der Waals surface area contributed by atoms with E-state index in [-0.39, 0.29) is 41.2 Å². The fourth-order valence-electron chi connectivity index (χ4n) is 7.14. The van der Waals surface area contributed by atoms with Crippen LogP contribution < -0.4 is 9.64 Å². The number of aromatic hydroxyl groups is 1. The van der Waals surface area contributed by atoms with Crippen molar-refractivity contribution in [1.29, 1.82) is 0 Å². The number of hydrogen-bond donors (Lipinski definition) is 2. The second-order valence-corrected chi connectivity index (χ2v) is 12.2. The minimum Gasteiger partial charge on any atom is -0.503 e. The Morgan fingerprint density at radius 2 is 1.69 bits per heavy atom. The molecule has 39 heavy (non-hydrogen) atoms. The third kappa shape index (κ3) is 3.39. The zero-order valence-electron chi connectivity index (χ0n) is 20.9. The summed E-state index contributed by atoms with van der Waals surface area (Å²) in [6.45, 7) is 1.77. The molecule has 6 unspecified atom stereocenters. The molecule has 3 fully saturated rings. The predicted octanol–water partition coefficient (Wildman–Crippen LogP) is 4.55. The molecule has 6 atom stereocenters. The van der Waals surface area contributed by atoms with Crippen molar-refractivity contribution in [2.24, 2.45) is 29.1 Å². The van der Waals surface area contributed by atoms with Crippen LogP contribution in [0.25, 0.3) is 0 Å². The molecular formula is C28H24Br2N2O7. The normalized spacial score (nSPS) is 31.7. The second-order valence-electron chi connectivity index (χ2n) is 10.6. The fourth-order valence-corrected chi connectivity index (χ4v) is 8.10. The molecule has 0 spiro atoms. The first-order valence-electron chi connectivity index (χ1n) is 12.5. The van der Waals surface area contributed by atoms with Crippen molar-refractivity contribution < 1.29 is 34.2 Å². The average molecular weight is 660 g/mol. The van der Waals surface area contributed by atoms with E-state index in [0.717, 1.165) is 5.57 Å². The molecule has 9 nitrogen and oxygen atoms in total. The molecule has 0 aromatic heterocycles. The van der Waals surface area contributed by atoms with Gasteiger partial charge < -0.3 is 9.84 Å². The van der Waals surface area contributed by atoms with E-state index >= 15 is 0 Å². The average Bonchev–Trinajstić information content (AvgIpc) is 3.28. The number of rotatable bonds is 3. The van der Waals surface area contributed by atoms with Crippen molar-refractivity contribution in [3.05, 3.63) is 62.6 Å². The summed E-state index contributed by atoms with van der Waals surface area (Å²) in [6.07, 6.45) is 2.27. The highest BCUT2D eigenvalue weighted by atomic mass is 79.9. The number of amides is 4. The highest BCUT2D eigenvalue weighted by molar-refractivity contribution is 9.13. The molecular weight excluding hydrogens is 636 g/mol. The lowest BCUT2D eigenvalue weighted by Crippen LogP contribution is -2.49. The number of carbonyl (C=O) groups is 4. The van der Waals surface area contributed by atoms with Crippen molar-refractivity contribution in [1.82, 2.24) is 5.06 Å². The molecule has 2 heterocycles. The summed E-state index contributed by atoms with van der Waals surface area (Å²) in [4.78, 5) is 55.4. The number of carbonyl (C=O) groups excluding carboxylic acids is 4. The van der Waals surface area contributed by atoms with Crippen LogP contribution >= 0.6 is 31.9 Å². The van der Waals surface area contributed by atoms with Crippen LogP contribution in [0.1, 0.15) is 31.2 Å². The number of para-hydroxylation sites is 1. The molecule has 4 aliphatic rings. The Balaban J connectivity index is 1.60. The van der Waals surface area contributed by atoms with Crippen LogP contribution in [0.5, 0.6) is 11.5 Å². The van der Waals surface area contributed by atoms with E-state index in [9.17, 15) is 29.5 Å². The minimum absolute atomic E-state index is 0.132. The molecule has 0 bridgehead atoms. The molecule has 11 heteroatoms. The van der Waals surface area contributed by atoms with Gasteiger partial charge in [0.25, 0.3) is 11.8 Å². The van der Waals surface area contributed by atoms with Gasteiger partial charge in [-0.1, -0.05) is 29.8 Å². The zero-order valence-corrected chi connectivity index (χ0v) is 24.1. The first-order valence-corrected chi connectivity index (χ1v) is 14.1. The summed E-state index contributed by atoms with van der Waals surface area (Å²) in [6, 6.07) is 10.3. The summed E-state index contributed by atoms with van der Waals surface area (Å²) in [5.41, 5.74) is 0.542. The smallest absolute Gasteiger partial charge is 0.257 e. The lowest BCUT2D eigenvalue weighted by molar-refractivity contribution is -0.173. The molecule has 2 N–H and O–H groups in total. The number of anilines is 1. The van der Waals surface area contributed by atoms with Gasteiger partial charge in [0.15, 0.2) is 11.5 Å². The monoisotopic (exact) mass is 658 g/mol. The molecule has 2 aliphatic heterocycles. The van der Waals surface area contributed by atoms with E-state index in [4.69, 9.17) is 4.74 Å². The number of phenols is 1. The lowest BCUT2D eigenvalue weighted by atomic mass is 9.51. The Kier molecular flexibility index (Phi) is 6.05. The van der Waals surface area contributed by atoms with Gasteiger partial charge in [-0.3, -0.25) is 24.4 Å². The summed E-state index contributed by atoms with van der Waals surface area (Å²) >= 11 is 7.00. The molecule has 4 amide bonds. The van der Waals surface area contributed by atoms with Crippen molar-refractivity contribution in [2.45, 2.75) is 25.7 Å². The Hall–Kier alpha value is -3.02. The van der Waals surface area contributed by atoms with Crippen molar-refractivity contribution >= 4 is 61.2 Å². The van der Waals surface area contributed by atoms with Gasteiger partial charge in [0.2, 0.25) is 11.8 Å². The fraction of sp³-hybridized carbons (Fsp3) is 0.357. The number of hydroxylamine groups is 2. The van der Waals surface area contributed by atoms with Crippen LogP contribution in [-0.4, -0.2) is 46.1 Å². The van der Waals surface area contributed by atoms with Gasteiger partial charge in [-0.2, -0.15) is 5.06 Å². The number of phenolic OH excluding ortho intramolecular Hbond substituents is 1. The van der Waals surface area contributed by atoms with Gasteiger partial charge in [0, 0.05) is 10.4 Å². The summed E-state index contributed by atoms with van der Waals surface area (Å²) in [7, 11) is 1.41. The van der Waals surface area contributed by atoms with E-state index in [0.29, 0.717) is 20.2 Å². The van der Waals surface area contributed by atoms with E-state index < -0.39 is 46.8 Å². The van der Waals surface area contributed by atoms with Gasteiger partial charge in [-0.15, -0.1) is 0 Å². The topological polar surface area (TPSA) is 124 Å². The van der Waals surface area contributed by atoms with Crippen molar-refractivity contribution in [2.75, 3.05) is 12.0 Å². The molecule has 1 saturated carbocycles. The Labute approximate surface area is 240 Å². The maximum Gasteiger partial charge on any atom is 0.257 e. The van der Waals surface area contributed by atoms with Gasteiger partial charge in [-0.05, 0) is 81.3 Å². The molecule has 2 aromatic rings. The number of hydrogen-bond acceptors (Lipinski definition) is 7. The van der Waals surface area contributed by atoms with Gasteiger partial charge in [0.05, 0.1) is 40.4 Å². The second kappa shape index (κ2) is 9.00. The van der Waals surface area contributed by atoms with E-state index in [2.05, 4.69) is 31.9 Å². The Morgan fingerprint density at radius 1 is 1.00 bits per heavy atom. The molecule has 2 aromatic carbocycles. The maximum absolute atomic E-state index is 14.3. The number of nitrogens with zero attached hydrogens (tertiary/aromatic N) is 2. The molecule has 2 aliphatic carbocycles. The summed E-state index contributed by atoms with van der Waals surface area (Å²) in [5, 5.41) is 21.0. The van der Waals surface area contributed by atoms with Crippen LogP contribution in [0.2, 0.25) is 0 Å². The number of benzene rings is 2. The quantitative estimate of drug-likeness (QED) is 0.282. The highest BCUT2D eigenvalue weighted by Gasteiger charge is 2.68. The maximum atomic E-state index is 14.3. The summed E-state index contributed by atoms with van der Waals surface area (Å²) in [5.74, 6) is -5.70. The summed E-state index contributed by atoms with van der Waals surface area (Å²) < 4.78 is 6.22. The third-order valence-corrected chi connectivity index (χ3v) is 11.1. The number of halogens is 2. The van der Waals surface area contributed by atoms with E-state index in [1.165, 1.54) is 12.0 Å². The Morgan fingerprint density at radius 3 is 2.36 bits per heavy atom. The molecule has 2 saturated heterocycles. The largest absolute Gasteiger partial charge is 0.503 e. The van der Waals surface area contributed by atoms with Crippen molar-refractivity contribution in [3.63, 3.8) is 0 Å². The van der Waals surface area contributed by atoms with Crippen LogP contribution in [0.3, 0.4) is 0 Å². The van der Waals surface area contributed by atoms with Gasteiger partial charge in [-0.25, -0.2) is 4.90 Å². The van der Waals surface area contributed by atoms with Gasteiger partial charge in [0.1, 0.15) is 0 Å². The van der Waals surface area contributed by atoms with Crippen LogP contribution in [-0.2, 0) is 19.2 Å². The van der Waals surface area contributed by atoms with Gasteiger partial charge >= 0.3 is 0 Å². The molecule has 0 radical (unpaired) electrons. The first kappa shape index (κ1) is 26.2. The standard InChI is InChI=1S/C28H24Br2N2O7/c1-28-17(25(35)31(27(28)37)12-6-4-3-5-7-12)10-15-13(8-9-14-19(15)26(36)32(38)24(14)34)20(28)16-11-18(39-2)23(33)22(30)21(16)29/h3-8,11,14-15,17,19-20,33,38H,9-10H2,1-2H3. The lowest BCUT2D eigenvalue weighted by Gasteiger charge is -2.49. The van der Waals surface area contributed by atoms with Crippen molar-refractivity contribution in [3.8, 4) is 11.5 Å². The zero-order chi connectivity index (χ0) is 28.0. The minimum atomic E-state index is -1.25. The number of fused-ring (bicyclic) bond motifs is 4. The SMILES string of the molecule is COc1cc(C2C3=CCC4C(=O)N(O)C(=O)C4C3CC3C(=O)N(c4ccccc4)C(=O)C32C)c(Br)c(Br)c1O. The number of ether oxygens (including phenoxy) is 1. The third-order valence-electron chi connectivity index (χ3n) is 8.97. The molecule has 202 valence electrons. The first-order chi connectivity index (χ1) is 18.5. The molecule has 6 rings (SSSR count). The van der Waals surface area contributed by atoms with E-state index in [1.807, 2.05) is 6.08 Å². The van der Waals surface area contributed by atoms with Crippen LogP contribution in [0, 0.1) is 29.1 Å². The number of imide groups is 2. The highest BCUT2D eigenvalue weighted by Crippen LogP contribution is 2.65. The van der Waals surface area contributed by atoms with E-state index in [1.54, 1.807) is 43.3 Å². The van der Waals surface area contributed by atoms with Crippen LogP contribution in [0.4, 0.5) is 5.69 Å². The predicted molar refractivity (Wildman–Crippen MR) is 145 cm³/mol. The Bertz CT molecular complexity index is 1490. The number of methoxy groups -OCH3 is 1. The van der Waals surface area contributed by atoms with Crippen LogP contribution in [0.15, 0.2) is 57.0 Å².